The second kappa shape index (κ2) is 5.32. The molecule has 0 heterocycles. The molecule has 0 amide bonds. The molecule has 0 bridgehead atoms. The standard InChI is InChI=1S/C10H19NO3/c1-8(10(13)14)11(7-12)9-5-3-2-4-6-9/h8-9,12H,2-7H2,1H3,(H,13,14)/t8-/m0/s1. The zero-order chi connectivity index (χ0) is 10.6. The summed E-state index contributed by atoms with van der Waals surface area (Å²) in [6.07, 6.45) is 5.55. The predicted octanol–water partition coefficient (Wildman–Crippen LogP) is 1.04. The van der Waals surface area contributed by atoms with Gasteiger partial charge in [-0.1, -0.05) is 19.3 Å². The van der Waals surface area contributed by atoms with Crippen LogP contribution in [0, 0.1) is 0 Å². The summed E-state index contributed by atoms with van der Waals surface area (Å²) in [7, 11) is 0. The van der Waals surface area contributed by atoms with Crippen LogP contribution in [-0.2, 0) is 4.79 Å². The molecule has 0 unspecified atom stereocenters. The van der Waals surface area contributed by atoms with Crippen LogP contribution in [0.15, 0.2) is 0 Å². The maximum absolute atomic E-state index is 10.8. The van der Waals surface area contributed by atoms with E-state index in [0.717, 1.165) is 25.7 Å². The van der Waals surface area contributed by atoms with E-state index in [1.807, 2.05) is 0 Å². The summed E-state index contributed by atoms with van der Waals surface area (Å²) in [6.45, 7) is 1.48. The molecule has 0 aromatic carbocycles. The van der Waals surface area contributed by atoms with Gasteiger partial charge in [-0.15, -0.1) is 0 Å². The zero-order valence-electron chi connectivity index (χ0n) is 8.65. The first-order chi connectivity index (χ1) is 6.66. The van der Waals surface area contributed by atoms with Gasteiger partial charge >= 0.3 is 5.97 Å². The van der Waals surface area contributed by atoms with Crippen LogP contribution < -0.4 is 0 Å². The van der Waals surface area contributed by atoms with Gasteiger partial charge in [0.25, 0.3) is 0 Å². The van der Waals surface area contributed by atoms with Gasteiger partial charge in [-0.3, -0.25) is 9.69 Å². The molecule has 14 heavy (non-hydrogen) atoms. The van der Waals surface area contributed by atoms with E-state index in [0.29, 0.717) is 0 Å². The lowest BCUT2D eigenvalue weighted by atomic mass is 9.93. The van der Waals surface area contributed by atoms with E-state index in [2.05, 4.69) is 0 Å². The summed E-state index contributed by atoms with van der Waals surface area (Å²) in [5, 5.41) is 18.0. The quantitative estimate of drug-likeness (QED) is 0.667. The van der Waals surface area contributed by atoms with Gasteiger partial charge in [0.15, 0.2) is 0 Å². The van der Waals surface area contributed by atoms with Crippen molar-refractivity contribution in [3.05, 3.63) is 0 Å². The lowest BCUT2D eigenvalue weighted by Gasteiger charge is -2.35. The monoisotopic (exact) mass is 201 g/mol. The number of rotatable bonds is 4. The Balaban J connectivity index is 2.55. The Kier molecular flexibility index (Phi) is 4.35. The third kappa shape index (κ3) is 2.69. The molecular weight excluding hydrogens is 182 g/mol. The number of carboxylic acids is 1. The Bertz CT molecular complexity index is 190. The molecule has 1 atom stereocenters. The Morgan fingerprint density at radius 2 is 2.00 bits per heavy atom. The largest absolute Gasteiger partial charge is 0.480 e. The summed E-state index contributed by atoms with van der Waals surface area (Å²) < 4.78 is 0. The van der Waals surface area contributed by atoms with Gasteiger partial charge in [-0.25, -0.2) is 0 Å². The van der Waals surface area contributed by atoms with Crippen LogP contribution >= 0.6 is 0 Å². The lowest BCUT2D eigenvalue weighted by molar-refractivity contribution is -0.146. The van der Waals surface area contributed by atoms with Crippen molar-refractivity contribution in [2.75, 3.05) is 6.73 Å². The molecule has 1 aliphatic carbocycles. The van der Waals surface area contributed by atoms with Gasteiger partial charge in [0, 0.05) is 6.04 Å². The number of aliphatic hydroxyl groups excluding tert-OH is 1. The van der Waals surface area contributed by atoms with Gasteiger partial charge in [0.05, 0.1) is 6.73 Å². The van der Waals surface area contributed by atoms with Crippen LogP contribution in [0.5, 0.6) is 0 Å². The highest BCUT2D eigenvalue weighted by Crippen LogP contribution is 2.23. The van der Waals surface area contributed by atoms with E-state index in [-0.39, 0.29) is 12.8 Å². The topological polar surface area (TPSA) is 60.8 Å². The number of aliphatic carboxylic acids is 1. The smallest absolute Gasteiger partial charge is 0.320 e. The normalized spacial score (nSPS) is 21.1. The van der Waals surface area contributed by atoms with Crippen molar-refractivity contribution < 1.29 is 15.0 Å². The molecule has 0 aliphatic heterocycles. The van der Waals surface area contributed by atoms with E-state index in [4.69, 9.17) is 10.2 Å². The fourth-order valence-corrected chi connectivity index (χ4v) is 2.11. The Labute approximate surface area is 84.5 Å². The molecule has 0 aromatic heterocycles. The number of aliphatic hydroxyl groups is 1. The lowest BCUT2D eigenvalue weighted by Crippen LogP contribution is -2.47. The molecule has 4 heteroatoms. The fraction of sp³-hybridized carbons (Fsp3) is 0.900. The highest BCUT2D eigenvalue weighted by atomic mass is 16.4. The minimum Gasteiger partial charge on any atom is -0.480 e. The summed E-state index contributed by atoms with van der Waals surface area (Å²) >= 11 is 0. The van der Waals surface area contributed by atoms with Crippen LogP contribution in [0.25, 0.3) is 0 Å². The molecule has 82 valence electrons. The molecule has 1 rings (SSSR count). The fourth-order valence-electron chi connectivity index (χ4n) is 2.11. The van der Waals surface area contributed by atoms with Crippen LogP contribution in [0.4, 0.5) is 0 Å². The van der Waals surface area contributed by atoms with Crippen molar-refractivity contribution in [3.8, 4) is 0 Å². The average Bonchev–Trinajstić information content (AvgIpc) is 2.20. The minimum atomic E-state index is -0.857. The van der Waals surface area contributed by atoms with E-state index in [1.165, 1.54) is 6.42 Å². The molecular formula is C10H19NO3. The summed E-state index contributed by atoms with van der Waals surface area (Å²) in [5.74, 6) is -0.857. The molecule has 1 saturated carbocycles. The number of carbonyl (C=O) groups is 1. The maximum atomic E-state index is 10.8. The minimum absolute atomic E-state index is 0.155. The van der Waals surface area contributed by atoms with Gasteiger partial charge in [-0.2, -0.15) is 0 Å². The summed E-state index contributed by atoms with van der Waals surface area (Å²) in [5.41, 5.74) is 0. The summed E-state index contributed by atoms with van der Waals surface area (Å²) in [4.78, 5) is 12.5. The van der Waals surface area contributed by atoms with Crippen LogP contribution in [0.2, 0.25) is 0 Å². The van der Waals surface area contributed by atoms with E-state index in [1.54, 1.807) is 11.8 Å². The third-order valence-electron chi connectivity index (χ3n) is 3.06. The number of hydrogen-bond acceptors (Lipinski definition) is 3. The number of hydrogen-bond donors (Lipinski definition) is 2. The summed E-state index contributed by atoms with van der Waals surface area (Å²) in [6, 6.07) is -0.331. The highest BCUT2D eigenvalue weighted by molar-refractivity contribution is 5.72. The van der Waals surface area contributed by atoms with E-state index >= 15 is 0 Å². The Hall–Kier alpha value is -0.610. The van der Waals surface area contributed by atoms with Crippen molar-refractivity contribution in [1.82, 2.24) is 4.90 Å². The van der Waals surface area contributed by atoms with Crippen molar-refractivity contribution in [3.63, 3.8) is 0 Å². The van der Waals surface area contributed by atoms with Crippen molar-refractivity contribution >= 4 is 5.97 Å². The van der Waals surface area contributed by atoms with Crippen LogP contribution in [0.1, 0.15) is 39.0 Å². The Morgan fingerprint density at radius 3 is 2.43 bits per heavy atom. The maximum Gasteiger partial charge on any atom is 0.320 e. The van der Waals surface area contributed by atoms with E-state index < -0.39 is 12.0 Å². The molecule has 2 N–H and O–H groups in total. The number of carboxylic acid groups (broad SMARTS) is 1. The first-order valence-corrected chi connectivity index (χ1v) is 5.26. The molecule has 0 radical (unpaired) electrons. The zero-order valence-corrected chi connectivity index (χ0v) is 8.65. The van der Waals surface area contributed by atoms with Gasteiger partial charge < -0.3 is 10.2 Å². The molecule has 4 nitrogen and oxygen atoms in total. The molecule has 1 fully saturated rings. The van der Waals surface area contributed by atoms with Crippen molar-refractivity contribution in [1.29, 1.82) is 0 Å². The molecule has 0 spiro atoms. The Morgan fingerprint density at radius 1 is 1.43 bits per heavy atom. The second-order valence-corrected chi connectivity index (χ2v) is 3.96. The van der Waals surface area contributed by atoms with Gasteiger partial charge in [0.2, 0.25) is 0 Å². The first-order valence-electron chi connectivity index (χ1n) is 5.26. The molecule has 0 aromatic rings. The van der Waals surface area contributed by atoms with Gasteiger partial charge in [-0.05, 0) is 19.8 Å². The number of nitrogens with zero attached hydrogens (tertiary/aromatic N) is 1. The van der Waals surface area contributed by atoms with Crippen LogP contribution in [0.3, 0.4) is 0 Å². The SMILES string of the molecule is C[C@@H](C(=O)O)N(CO)C1CCCCC1. The predicted molar refractivity (Wildman–Crippen MR) is 52.9 cm³/mol. The van der Waals surface area contributed by atoms with Crippen LogP contribution in [-0.4, -0.2) is 39.9 Å². The third-order valence-corrected chi connectivity index (χ3v) is 3.06. The molecule has 0 saturated heterocycles. The van der Waals surface area contributed by atoms with Crippen molar-refractivity contribution in [2.45, 2.75) is 51.1 Å². The average molecular weight is 201 g/mol. The van der Waals surface area contributed by atoms with E-state index in [9.17, 15) is 4.79 Å². The van der Waals surface area contributed by atoms with Gasteiger partial charge in [0.1, 0.15) is 6.04 Å². The molecule has 1 aliphatic rings. The first kappa shape index (κ1) is 11.5. The highest BCUT2D eigenvalue weighted by Gasteiger charge is 2.28. The van der Waals surface area contributed by atoms with Crippen molar-refractivity contribution in [2.24, 2.45) is 0 Å². The second-order valence-electron chi connectivity index (χ2n) is 3.96.